The molecule has 4 fully saturated rings. The Morgan fingerprint density at radius 1 is 0.652 bits per heavy atom. The van der Waals surface area contributed by atoms with Crippen LogP contribution in [-0.4, -0.2) is 116 Å². The Morgan fingerprint density at radius 3 is 1.61 bits per heavy atom. The van der Waals surface area contributed by atoms with Gasteiger partial charge in [-0.05, 0) is 134 Å². The molecule has 19 heteroatoms. The molecule has 2 aliphatic carbocycles. The van der Waals surface area contributed by atoms with Crippen LogP contribution in [0.3, 0.4) is 0 Å². The number of H-pyrrole nitrogens is 1. The summed E-state index contributed by atoms with van der Waals surface area (Å²) in [6, 6.07) is 22.6. The van der Waals surface area contributed by atoms with Gasteiger partial charge in [0.1, 0.15) is 0 Å². The van der Waals surface area contributed by atoms with Gasteiger partial charge in [-0.3, -0.25) is 33.2 Å². The third-order valence-corrected chi connectivity index (χ3v) is 14.8. The zero-order chi connectivity index (χ0) is 50.4. The van der Waals surface area contributed by atoms with Gasteiger partial charge in [0, 0.05) is 80.2 Å². The van der Waals surface area contributed by atoms with Crippen LogP contribution < -0.4 is 22.2 Å². The molecule has 0 atom stereocenters. The number of benzene rings is 4. The van der Waals surface area contributed by atoms with E-state index in [1.807, 2.05) is 96.0 Å². The molecule has 6 aromatic rings. The predicted octanol–water partition coefficient (Wildman–Crippen LogP) is 7.53. The predicted molar refractivity (Wildman–Crippen MR) is 282 cm³/mol. The van der Waals surface area contributed by atoms with E-state index in [0.29, 0.717) is 45.9 Å². The number of nitrogens with zero attached hydrogens (tertiary/aromatic N) is 4. The zero-order valence-electron chi connectivity index (χ0n) is 39.6. The van der Waals surface area contributed by atoms with Gasteiger partial charge in [-0.25, -0.2) is 8.75 Å². The number of primary amides is 1. The van der Waals surface area contributed by atoms with E-state index < -0.39 is 11.9 Å². The highest BCUT2D eigenvalue weighted by atomic mass is 79.9. The molecule has 10 rings (SSSR count). The molecule has 4 aromatic carbocycles. The summed E-state index contributed by atoms with van der Waals surface area (Å²) < 4.78 is 7.97. The minimum atomic E-state index is -0.902. The lowest BCUT2D eigenvalue weighted by molar-refractivity contribution is -0.134. The van der Waals surface area contributed by atoms with Crippen molar-refractivity contribution in [1.82, 2.24) is 28.3 Å². The third-order valence-electron chi connectivity index (χ3n) is 11.5. The topological polar surface area (TPSA) is 211 Å². The monoisotopic (exact) mass is 1110 g/mol. The molecule has 69 heavy (non-hydrogen) atoms. The van der Waals surface area contributed by atoms with Crippen molar-refractivity contribution < 1.29 is 29.4 Å². The van der Waals surface area contributed by atoms with Crippen LogP contribution in [0.2, 0.25) is 0 Å². The van der Waals surface area contributed by atoms with Crippen molar-refractivity contribution in [3.05, 3.63) is 136 Å². The fraction of sp³-hybridized carbons (Fsp3) is 0.400. The molecule has 4 heterocycles. The molecule has 370 valence electrons. The van der Waals surface area contributed by atoms with Crippen molar-refractivity contribution in [2.24, 2.45) is 17.6 Å². The number of aromatic nitrogens is 2. The van der Waals surface area contributed by atoms with Gasteiger partial charge in [-0.2, -0.15) is 0 Å². The first-order chi connectivity index (χ1) is 33.0. The summed E-state index contributed by atoms with van der Waals surface area (Å²) in [5.41, 5.74) is 10.3. The van der Waals surface area contributed by atoms with Crippen LogP contribution in [0.4, 0.5) is 0 Å². The van der Waals surface area contributed by atoms with Gasteiger partial charge >= 0.3 is 5.97 Å². The maximum absolute atomic E-state index is 12.5. The first-order valence-electron chi connectivity index (χ1n) is 22.7. The number of hydrogen-bond acceptors (Lipinski definition) is 11. The summed E-state index contributed by atoms with van der Waals surface area (Å²) in [6.07, 6.45) is 4.39. The van der Waals surface area contributed by atoms with Crippen LogP contribution in [0.25, 0.3) is 20.2 Å². The number of fused-ring (bicyclic) bond motifs is 2. The lowest BCUT2D eigenvalue weighted by Crippen LogP contribution is -2.49. The summed E-state index contributed by atoms with van der Waals surface area (Å²) in [7, 11) is 1.00. The van der Waals surface area contributed by atoms with Crippen molar-refractivity contribution >= 4 is 98.8 Å². The number of hydrogen-bond donors (Lipinski definition) is 5. The number of carboxylic acids is 1. The van der Waals surface area contributed by atoms with Crippen molar-refractivity contribution in [2.75, 3.05) is 59.5 Å². The standard InChI is InChI=1S/C17H21N3O2S.C8H8BrNO.C8H7BrO2.C8H14N2O.C8H7NOS.CH4O/c1-12-2-5-15-14(10-12)17(22)20(23-15)11-18-6-8-19(9-7-18)16(21)13-3-4-13;2*1-5-2-3-7(9)6(4-5)8(10)11;11-8(7-1-2-7)10-5-3-9-4-6-10;1-5-2-3-7-6(4-5)8(10)9-11-7;1-2/h2,5,10,13H,3-4,6-9,11H2,1H3;2-4H,1H3,(H2,10,11);2-4H,1H3,(H,10,11);7,9H,1-6H2;2-4H,1H3,(H,9,10);2H,1H3. The minimum absolute atomic E-state index is 0.0219. The molecule has 0 spiro atoms. The number of carboxylic acid groups (broad SMARTS) is 1. The molecular formula is C50H61Br2N7O8S2. The fourth-order valence-corrected chi connectivity index (χ4v) is 9.91. The average molecular weight is 1110 g/mol. The molecule has 15 nitrogen and oxygen atoms in total. The number of piperazine rings is 2. The van der Waals surface area contributed by atoms with E-state index >= 15 is 0 Å². The summed E-state index contributed by atoms with van der Waals surface area (Å²) in [5, 5.41) is 20.5. The van der Waals surface area contributed by atoms with Crippen molar-refractivity contribution in [1.29, 1.82) is 0 Å². The summed E-state index contributed by atoms with van der Waals surface area (Å²) >= 11 is 9.30. The Bertz CT molecular complexity index is 2780. The number of carbonyl (C=O) groups is 4. The molecule has 0 unspecified atom stereocenters. The Balaban J connectivity index is 0.000000167. The molecular weight excluding hydrogens is 1050 g/mol. The molecule has 2 aromatic heterocycles. The first kappa shape index (κ1) is 54.9. The largest absolute Gasteiger partial charge is 0.478 e. The molecule has 0 bridgehead atoms. The Kier molecular flexibility index (Phi) is 20.9. The number of aliphatic hydroxyl groups is 1. The maximum Gasteiger partial charge on any atom is 0.336 e. The molecule has 3 amide bonds. The van der Waals surface area contributed by atoms with Gasteiger partial charge in [0.25, 0.3) is 11.1 Å². The second-order valence-corrected chi connectivity index (χ2v) is 20.8. The van der Waals surface area contributed by atoms with Crippen LogP contribution in [0.15, 0.2) is 91.3 Å². The molecule has 2 saturated carbocycles. The van der Waals surface area contributed by atoms with Crippen LogP contribution in [0.5, 0.6) is 0 Å². The van der Waals surface area contributed by atoms with Crippen LogP contribution in [-0.2, 0) is 16.3 Å². The lowest BCUT2D eigenvalue weighted by atomic mass is 10.1. The number of aromatic carboxylic acids is 1. The number of aromatic amines is 1. The summed E-state index contributed by atoms with van der Waals surface area (Å²) in [4.78, 5) is 74.7. The highest BCUT2D eigenvalue weighted by molar-refractivity contribution is 9.10. The summed E-state index contributed by atoms with van der Waals surface area (Å²) in [6.45, 7) is 15.4. The molecule has 0 radical (unpaired) electrons. The van der Waals surface area contributed by atoms with Gasteiger partial charge in [-0.1, -0.05) is 69.6 Å². The van der Waals surface area contributed by atoms with Gasteiger partial charge in [-0.15, -0.1) is 0 Å². The third kappa shape index (κ3) is 16.3. The number of rotatable bonds is 6. The number of carbonyl (C=O) groups excluding carboxylic acids is 3. The zero-order valence-corrected chi connectivity index (χ0v) is 44.4. The van der Waals surface area contributed by atoms with Crippen molar-refractivity contribution in [2.45, 2.75) is 60.0 Å². The van der Waals surface area contributed by atoms with Gasteiger partial charge in [0.2, 0.25) is 17.7 Å². The van der Waals surface area contributed by atoms with Gasteiger partial charge < -0.3 is 31.1 Å². The van der Waals surface area contributed by atoms with Crippen molar-refractivity contribution in [3.63, 3.8) is 0 Å². The van der Waals surface area contributed by atoms with Crippen molar-refractivity contribution in [3.8, 4) is 0 Å². The molecule has 6 N–H and O–H groups in total. The maximum atomic E-state index is 12.5. The number of nitrogens with one attached hydrogen (secondary N) is 2. The number of nitrogens with two attached hydrogens (primary N) is 1. The highest BCUT2D eigenvalue weighted by Crippen LogP contribution is 2.32. The smallest absolute Gasteiger partial charge is 0.336 e. The SMILES string of the molecule is CO.Cc1ccc(Br)c(C(=O)O)c1.Cc1ccc(Br)c(C(N)=O)c1.Cc1ccc2s[nH]c(=O)c2c1.Cc1ccc2sn(CN3CCN(C(=O)C4CC4)CC3)c(=O)c2c1.O=C(C1CC1)N1CCNCC1. The summed E-state index contributed by atoms with van der Waals surface area (Å²) in [5.74, 6) is 0.120. The van der Waals surface area contributed by atoms with Gasteiger partial charge in [0.05, 0.1) is 38.0 Å². The second-order valence-electron chi connectivity index (χ2n) is 17.2. The molecule has 4 aliphatic rings. The van der Waals surface area contributed by atoms with Gasteiger partial charge in [0.15, 0.2) is 0 Å². The Labute approximate surface area is 426 Å². The Hall–Kier alpha value is -5.02. The number of aryl methyl sites for hydroxylation is 4. The normalized spacial score (nSPS) is 15.4. The Morgan fingerprint density at radius 2 is 1.12 bits per heavy atom. The van der Waals surface area contributed by atoms with E-state index in [1.54, 1.807) is 18.2 Å². The fourth-order valence-electron chi connectivity index (χ4n) is 7.33. The average Bonchev–Trinajstić information content (AvgIpc) is 4.30. The number of amides is 3. The minimum Gasteiger partial charge on any atom is -0.478 e. The van der Waals surface area contributed by atoms with E-state index in [4.69, 9.17) is 15.9 Å². The van der Waals surface area contributed by atoms with E-state index in [2.05, 4.69) is 46.5 Å². The second kappa shape index (κ2) is 26.3. The lowest BCUT2D eigenvalue weighted by Gasteiger charge is -2.34. The van der Waals surface area contributed by atoms with Crippen LogP contribution in [0.1, 0.15) is 68.7 Å². The highest BCUT2D eigenvalue weighted by Gasteiger charge is 2.35. The quantitative estimate of drug-likeness (QED) is 0.111. The van der Waals surface area contributed by atoms with E-state index in [9.17, 15) is 28.8 Å². The number of aliphatic hydroxyl groups excluding tert-OH is 1. The van der Waals surface area contributed by atoms with E-state index in [0.717, 1.165) is 132 Å². The van der Waals surface area contributed by atoms with Crippen LogP contribution in [0, 0.1) is 39.5 Å². The van der Waals surface area contributed by atoms with E-state index in [-0.39, 0.29) is 11.1 Å². The first-order valence-corrected chi connectivity index (χ1v) is 25.9. The van der Waals surface area contributed by atoms with E-state index in [1.165, 1.54) is 23.1 Å². The molecule has 2 saturated heterocycles. The number of halogens is 2. The molecule has 2 aliphatic heterocycles. The van der Waals surface area contributed by atoms with Crippen LogP contribution >= 0.6 is 54.9 Å².